The molecule has 0 saturated heterocycles. The second kappa shape index (κ2) is 5.02. The first-order chi connectivity index (χ1) is 10.1. The third kappa shape index (κ3) is 2.17. The van der Waals surface area contributed by atoms with Gasteiger partial charge >= 0.3 is 5.97 Å². The lowest BCUT2D eigenvalue weighted by atomic mass is 9.97. The molecular weight excluding hydrogens is 264 g/mol. The molecule has 104 valence electrons. The van der Waals surface area contributed by atoms with Gasteiger partial charge in [-0.2, -0.15) is 0 Å². The molecule has 0 aromatic heterocycles. The topological polar surface area (TPSA) is 54.4 Å². The molecule has 1 N–H and O–H groups in total. The van der Waals surface area contributed by atoms with Gasteiger partial charge in [0.05, 0.1) is 5.92 Å². The minimum Gasteiger partial charge on any atom is -0.481 e. The molecule has 3 rings (SSSR count). The Morgan fingerprint density at radius 2 is 1.52 bits per heavy atom. The SMILES string of the molecule is CC(C(=O)O)c1cc2ccccc2c(=O)c2ccccc12. The van der Waals surface area contributed by atoms with Crippen LogP contribution >= 0.6 is 0 Å². The lowest BCUT2D eigenvalue weighted by molar-refractivity contribution is -0.138. The molecule has 21 heavy (non-hydrogen) atoms. The van der Waals surface area contributed by atoms with Crippen molar-refractivity contribution in [2.45, 2.75) is 12.8 Å². The van der Waals surface area contributed by atoms with E-state index in [-0.39, 0.29) is 5.43 Å². The van der Waals surface area contributed by atoms with Crippen molar-refractivity contribution < 1.29 is 9.90 Å². The summed E-state index contributed by atoms with van der Waals surface area (Å²) in [5.41, 5.74) is 0.599. The minimum absolute atomic E-state index is 0.0648. The summed E-state index contributed by atoms with van der Waals surface area (Å²) in [7, 11) is 0. The van der Waals surface area contributed by atoms with Crippen molar-refractivity contribution in [2.75, 3.05) is 0 Å². The van der Waals surface area contributed by atoms with Crippen LogP contribution in [0.1, 0.15) is 18.4 Å². The predicted molar refractivity (Wildman–Crippen MR) is 83.8 cm³/mol. The predicted octanol–water partition coefficient (Wildman–Crippen LogP) is 3.54. The molecule has 0 fully saturated rings. The van der Waals surface area contributed by atoms with Gasteiger partial charge in [0.2, 0.25) is 0 Å². The number of carboxylic acids is 1. The van der Waals surface area contributed by atoms with Crippen molar-refractivity contribution in [3.8, 4) is 0 Å². The lowest BCUT2D eigenvalue weighted by Crippen LogP contribution is -2.07. The van der Waals surface area contributed by atoms with E-state index >= 15 is 0 Å². The van der Waals surface area contributed by atoms with Gasteiger partial charge in [-0.3, -0.25) is 9.59 Å². The fraction of sp³-hybridized carbons (Fsp3) is 0.111. The van der Waals surface area contributed by atoms with Crippen LogP contribution in [0.3, 0.4) is 0 Å². The van der Waals surface area contributed by atoms with Crippen molar-refractivity contribution in [3.63, 3.8) is 0 Å². The zero-order valence-electron chi connectivity index (χ0n) is 11.5. The molecule has 0 amide bonds. The Balaban J connectivity index is 2.59. The highest BCUT2D eigenvalue weighted by atomic mass is 16.4. The lowest BCUT2D eigenvalue weighted by Gasteiger charge is -2.07. The number of carbonyl (C=O) groups is 1. The Hall–Kier alpha value is -2.68. The Bertz CT molecular complexity index is 913. The van der Waals surface area contributed by atoms with Crippen LogP contribution in [0.15, 0.2) is 59.4 Å². The van der Waals surface area contributed by atoms with E-state index in [1.807, 2.05) is 36.4 Å². The zero-order chi connectivity index (χ0) is 15.0. The second-order valence-corrected chi connectivity index (χ2v) is 5.12. The first kappa shape index (κ1) is 13.3. The van der Waals surface area contributed by atoms with Crippen molar-refractivity contribution in [1.29, 1.82) is 0 Å². The Morgan fingerprint density at radius 1 is 0.952 bits per heavy atom. The van der Waals surface area contributed by atoms with Crippen LogP contribution in [0.4, 0.5) is 0 Å². The van der Waals surface area contributed by atoms with Crippen molar-refractivity contribution in [1.82, 2.24) is 0 Å². The molecule has 0 spiro atoms. The van der Waals surface area contributed by atoms with Gasteiger partial charge in [0.1, 0.15) is 0 Å². The Morgan fingerprint density at radius 3 is 2.19 bits per heavy atom. The maximum absolute atomic E-state index is 12.7. The molecule has 0 aliphatic carbocycles. The van der Waals surface area contributed by atoms with Crippen LogP contribution in [-0.2, 0) is 4.79 Å². The monoisotopic (exact) mass is 278 g/mol. The number of hydrogen-bond acceptors (Lipinski definition) is 2. The van der Waals surface area contributed by atoms with Gasteiger partial charge in [0.15, 0.2) is 5.43 Å². The molecule has 0 saturated carbocycles. The highest BCUT2D eigenvalue weighted by Crippen LogP contribution is 2.26. The van der Waals surface area contributed by atoms with E-state index in [4.69, 9.17) is 0 Å². The van der Waals surface area contributed by atoms with Gasteiger partial charge in [-0.1, -0.05) is 48.5 Å². The summed E-state index contributed by atoms with van der Waals surface area (Å²) in [6.07, 6.45) is 0. The summed E-state index contributed by atoms with van der Waals surface area (Å²) in [5, 5.41) is 12.0. The van der Waals surface area contributed by atoms with Gasteiger partial charge < -0.3 is 5.11 Å². The molecule has 0 aliphatic rings. The van der Waals surface area contributed by atoms with Crippen molar-refractivity contribution in [2.24, 2.45) is 0 Å². The normalized spacial score (nSPS) is 12.4. The molecule has 0 heterocycles. The number of carboxylic acid groups (broad SMARTS) is 1. The molecular formula is C18H14O3. The second-order valence-electron chi connectivity index (χ2n) is 5.12. The Kier molecular flexibility index (Phi) is 3.18. The maximum Gasteiger partial charge on any atom is 0.310 e. The Labute approximate surface area is 121 Å². The van der Waals surface area contributed by atoms with E-state index < -0.39 is 11.9 Å². The van der Waals surface area contributed by atoms with E-state index in [1.165, 1.54) is 0 Å². The van der Waals surface area contributed by atoms with Crippen molar-refractivity contribution in [3.05, 3.63) is 70.4 Å². The summed E-state index contributed by atoms with van der Waals surface area (Å²) in [5.74, 6) is -1.58. The van der Waals surface area contributed by atoms with Crippen LogP contribution in [0.25, 0.3) is 21.5 Å². The zero-order valence-corrected chi connectivity index (χ0v) is 11.5. The smallest absolute Gasteiger partial charge is 0.310 e. The molecule has 1 unspecified atom stereocenters. The van der Waals surface area contributed by atoms with E-state index in [9.17, 15) is 14.7 Å². The first-order valence-corrected chi connectivity index (χ1v) is 6.77. The number of aliphatic carboxylic acids is 1. The van der Waals surface area contributed by atoms with Crippen LogP contribution < -0.4 is 5.43 Å². The summed E-state index contributed by atoms with van der Waals surface area (Å²) >= 11 is 0. The fourth-order valence-corrected chi connectivity index (χ4v) is 2.64. The standard InChI is InChI=1S/C18H14O3/c1-11(18(20)21)16-10-12-6-2-3-7-13(12)17(19)15-9-5-4-8-14(15)16/h2-11H,1H3,(H,20,21). The molecule has 3 aromatic rings. The quantitative estimate of drug-likeness (QED) is 0.780. The highest BCUT2D eigenvalue weighted by molar-refractivity contribution is 5.97. The molecule has 0 bridgehead atoms. The summed E-state index contributed by atoms with van der Waals surface area (Å²) < 4.78 is 0. The van der Waals surface area contributed by atoms with E-state index in [0.29, 0.717) is 21.7 Å². The minimum atomic E-state index is -0.900. The first-order valence-electron chi connectivity index (χ1n) is 6.77. The average molecular weight is 278 g/mol. The van der Waals surface area contributed by atoms with Crippen LogP contribution in [-0.4, -0.2) is 11.1 Å². The summed E-state index contributed by atoms with van der Waals surface area (Å²) in [6.45, 7) is 1.64. The van der Waals surface area contributed by atoms with E-state index in [2.05, 4.69) is 0 Å². The molecule has 3 nitrogen and oxygen atoms in total. The third-order valence-corrected chi connectivity index (χ3v) is 3.84. The van der Waals surface area contributed by atoms with E-state index in [0.717, 1.165) is 5.39 Å². The third-order valence-electron chi connectivity index (χ3n) is 3.84. The van der Waals surface area contributed by atoms with Gasteiger partial charge in [-0.05, 0) is 29.3 Å². The number of hydrogen-bond donors (Lipinski definition) is 1. The number of rotatable bonds is 2. The molecule has 1 atom stereocenters. The number of benzene rings is 2. The molecule has 0 radical (unpaired) electrons. The van der Waals surface area contributed by atoms with Gasteiger partial charge in [-0.15, -0.1) is 0 Å². The van der Waals surface area contributed by atoms with Crippen molar-refractivity contribution >= 4 is 27.5 Å². The summed E-state index contributed by atoms with van der Waals surface area (Å²) in [6, 6.07) is 16.3. The molecule has 3 aromatic carbocycles. The van der Waals surface area contributed by atoms with E-state index in [1.54, 1.807) is 25.1 Å². The van der Waals surface area contributed by atoms with Gasteiger partial charge in [0, 0.05) is 10.8 Å². The summed E-state index contributed by atoms with van der Waals surface area (Å²) in [4.78, 5) is 24.1. The largest absolute Gasteiger partial charge is 0.481 e. The van der Waals surface area contributed by atoms with Crippen LogP contribution in [0.2, 0.25) is 0 Å². The van der Waals surface area contributed by atoms with Gasteiger partial charge in [0.25, 0.3) is 0 Å². The average Bonchev–Trinajstić information content (AvgIpc) is 2.63. The highest BCUT2D eigenvalue weighted by Gasteiger charge is 2.17. The van der Waals surface area contributed by atoms with Gasteiger partial charge in [-0.25, -0.2) is 0 Å². The number of fused-ring (bicyclic) bond motifs is 2. The van der Waals surface area contributed by atoms with Crippen LogP contribution in [0.5, 0.6) is 0 Å². The van der Waals surface area contributed by atoms with Crippen LogP contribution in [0, 0.1) is 0 Å². The molecule has 0 aliphatic heterocycles. The molecule has 3 heteroatoms. The maximum atomic E-state index is 12.7. The fourth-order valence-electron chi connectivity index (χ4n) is 2.64.